The first kappa shape index (κ1) is 20.6. The molecule has 2 aromatic heterocycles. The molecule has 0 bridgehead atoms. The molecular weight excluding hydrogens is 401 g/mol. The van der Waals surface area contributed by atoms with Crippen LogP contribution in [0.1, 0.15) is 42.7 Å². The number of rotatable bonds is 5. The normalized spacial score (nSPS) is 18.9. The van der Waals surface area contributed by atoms with Gasteiger partial charge in [-0.3, -0.25) is 0 Å². The molecule has 0 saturated heterocycles. The van der Waals surface area contributed by atoms with E-state index < -0.39 is 0 Å². The molecule has 30 heavy (non-hydrogen) atoms. The first-order chi connectivity index (χ1) is 14.5. The number of nitrogens with one attached hydrogen (secondary N) is 1. The van der Waals surface area contributed by atoms with Crippen molar-refractivity contribution in [2.24, 2.45) is 5.73 Å². The predicted octanol–water partition coefficient (Wildman–Crippen LogP) is 5.12. The minimum Gasteiger partial charge on any atom is -0.383 e. The maximum atomic E-state index is 13.4. The summed E-state index contributed by atoms with van der Waals surface area (Å²) in [7, 11) is 0. The van der Waals surface area contributed by atoms with E-state index in [-0.39, 0.29) is 17.8 Å². The molecule has 3 aromatic rings. The maximum absolute atomic E-state index is 13.4. The monoisotopic (exact) mass is 425 g/mol. The fraction of sp³-hybridized carbons (Fsp3) is 0.304. The number of benzene rings is 1. The lowest BCUT2D eigenvalue weighted by atomic mass is 9.80. The Bertz CT molecular complexity index is 1030. The van der Waals surface area contributed by atoms with Crippen LogP contribution in [0.4, 0.5) is 16.0 Å². The molecule has 1 aliphatic rings. The van der Waals surface area contributed by atoms with Crippen LogP contribution in [-0.4, -0.2) is 16.0 Å². The van der Waals surface area contributed by atoms with Crippen molar-refractivity contribution in [2.45, 2.75) is 44.2 Å². The Balaban J connectivity index is 1.64. The summed E-state index contributed by atoms with van der Waals surface area (Å²) >= 11 is 6.58. The van der Waals surface area contributed by atoms with Crippen LogP contribution in [0.25, 0.3) is 11.3 Å². The molecule has 2 heterocycles. The Hall–Kier alpha value is -2.70. The van der Waals surface area contributed by atoms with Crippen molar-refractivity contribution in [3.63, 3.8) is 0 Å². The van der Waals surface area contributed by atoms with E-state index in [9.17, 15) is 4.39 Å². The molecule has 156 valence electrons. The van der Waals surface area contributed by atoms with Gasteiger partial charge in [0.1, 0.15) is 17.5 Å². The van der Waals surface area contributed by atoms with Gasteiger partial charge < -0.3 is 16.8 Å². The number of nitrogen functional groups attached to an aromatic ring is 1. The smallest absolute Gasteiger partial charge is 0.127 e. The first-order valence-electron chi connectivity index (χ1n) is 10.2. The van der Waals surface area contributed by atoms with E-state index >= 15 is 0 Å². The molecule has 7 heteroatoms. The largest absolute Gasteiger partial charge is 0.383 e. The van der Waals surface area contributed by atoms with Gasteiger partial charge >= 0.3 is 0 Å². The van der Waals surface area contributed by atoms with Crippen molar-refractivity contribution in [2.75, 3.05) is 11.1 Å². The Kier molecular flexibility index (Phi) is 6.16. The average molecular weight is 426 g/mol. The Morgan fingerprint density at radius 2 is 1.87 bits per heavy atom. The number of hydrogen-bond acceptors (Lipinski definition) is 5. The zero-order valence-corrected chi connectivity index (χ0v) is 17.4. The van der Waals surface area contributed by atoms with Crippen LogP contribution < -0.4 is 16.8 Å². The molecule has 1 aliphatic carbocycles. The van der Waals surface area contributed by atoms with E-state index in [1.165, 1.54) is 12.1 Å². The predicted molar refractivity (Wildman–Crippen MR) is 120 cm³/mol. The Morgan fingerprint density at radius 1 is 1.10 bits per heavy atom. The number of anilines is 2. The second-order valence-electron chi connectivity index (χ2n) is 7.78. The second-order valence-corrected chi connectivity index (χ2v) is 8.19. The third-order valence-electron chi connectivity index (χ3n) is 5.65. The van der Waals surface area contributed by atoms with E-state index in [0.717, 1.165) is 48.1 Å². The van der Waals surface area contributed by atoms with Crippen molar-refractivity contribution in [3.8, 4) is 11.3 Å². The van der Waals surface area contributed by atoms with Gasteiger partial charge in [0.05, 0.1) is 10.7 Å². The maximum Gasteiger partial charge on any atom is 0.127 e. The van der Waals surface area contributed by atoms with Gasteiger partial charge in [-0.15, -0.1) is 0 Å². The molecule has 5 nitrogen and oxygen atoms in total. The third kappa shape index (κ3) is 4.55. The summed E-state index contributed by atoms with van der Waals surface area (Å²) in [4.78, 5) is 9.06. The molecule has 0 amide bonds. The van der Waals surface area contributed by atoms with Crippen molar-refractivity contribution < 1.29 is 4.39 Å². The standard InChI is InChI=1S/C23H25ClFN5/c24-18-13-29-23(27)21(15-7-9-17(26)10-8-15)22(18)19-5-2-6-20(30-19)28-12-14-3-1-4-16(25)11-14/h1-6,11,13,15,17H,7-10,12,26H2,(H2,27,29)(H,28,30). The summed E-state index contributed by atoms with van der Waals surface area (Å²) in [5.74, 6) is 1.18. The van der Waals surface area contributed by atoms with Crippen LogP contribution in [0.5, 0.6) is 0 Å². The van der Waals surface area contributed by atoms with E-state index in [0.29, 0.717) is 23.2 Å². The minimum absolute atomic E-state index is 0.242. The van der Waals surface area contributed by atoms with E-state index in [1.54, 1.807) is 12.3 Å². The number of nitrogens with zero attached hydrogens (tertiary/aromatic N) is 2. The van der Waals surface area contributed by atoms with Crippen LogP contribution in [0.3, 0.4) is 0 Å². The first-order valence-corrected chi connectivity index (χ1v) is 10.5. The molecule has 1 fully saturated rings. The highest BCUT2D eigenvalue weighted by molar-refractivity contribution is 6.33. The van der Waals surface area contributed by atoms with Crippen molar-refractivity contribution >= 4 is 23.2 Å². The van der Waals surface area contributed by atoms with Gasteiger partial charge in [-0.05, 0) is 61.4 Å². The van der Waals surface area contributed by atoms with Crippen LogP contribution in [0, 0.1) is 5.82 Å². The zero-order chi connectivity index (χ0) is 21.1. The van der Waals surface area contributed by atoms with Gasteiger partial charge in [-0.1, -0.05) is 29.8 Å². The summed E-state index contributed by atoms with van der Waals surface area (Å²) in [6.07, 6.45) is 5.41. The molecule has 4 rings (SSSR count). The van der Waals surface area contributed by atoms with Crippen molar-refractivity contribution in [3.05, 3.63) is 70.6 Å². The summed E-state index contributed by atoms with van der Waals surface area (Å²) in [5, 5.41) is 3.78. The van der Waals surface area contributed by atoms with Gasteiger partial charge in [-0.2, -0.15) is 0 Å². The minimum atomic E-state index is -0.258. The van der Waals surface area contributed by atoms with Crippen LogP contribution in [-0.2, 0) is 6.54 Å². The van der Waals surface area contributed by atoms with Crippen LogP contribution in [0.15, 0.2) is 48.7 Å². The molecule has 0 radical (unpaired) electrons. The van der Waals surface area contributed by atoms with E-state index in [2.05, 4.69) is 10.3 Å². The van der Waals surface area contributed by atoms with Gasteiger partial charge in [-0.25, -0.2) is 14.4 Å². The van der Waals surface area contributed by atoms with Crippen LogP contribution >= 0.6 is 11.6 Å². The highest BCUT2D eigenvalue weighted by Crippen LogP contribution is 2.42. The highest BCUT2D eigenvalue weighted by atomic mass is 35.5. The van der Waals surface area contributed by atoms with Gasteiger partial charge in [0.2, 0.25) is 0 Å². The highest BCUT2D eigenvalue weighted by Gasteiger charge is 2.27. The second kappa shape index (κ2) is 8.98. The van der Waals surface area contributed by atoms with Gasteiger partial charge in [0, 0.05) is 29.9 Å². The number of nitrogens with two attached hydrogens (primary N) is 2. The molecule has 1 saturated carbocycles. The molecule has 0 unspecified atom stereocenters. The number of hydrogen-bond donors (Lipinski definition) is 3. The Morgan fingerprint density at radius 3 is 2.63 bits per heavy atom. The fourth-order valence-corrected chi connectivity index (χ4v) is 4.36. The molecule has 0 aliphatic heterocycles. The topological polar surface area (TPSA) is 89.8 Å². The lowest BCUT2D eigenvalue weighted by Gasteiger charge is -2.28. The third-order valence-corrected chi connectivity index (χ3v) is 5.94. The summed E-state index contributed by atoms with van der Waals surface area (Å²) in [6.45, 7) is 0.466. The lowest BCUT2D eigenvalue weighted by molar-refractivity contribution is 0.396. The fourth-order valence-electron chi connectivity index (χ4n) is 4.11. The quantitative estimate of drug-likeness (QED) is 0.528. The average Bonchev–Trinajstić information content (AvgIpc) is 2.75. The molecule has 5 N–H and O–H groups in total. The van der Waals surface area contributed by atoms with E-state index in [1.807, 2.05) is 24.3 Å². The van der Waals surface area contributed by atoms with E-state index in [4.69, 9.17) is 28.1 Å². The summed E-state index contributed by atoms with van der Waals surface area (Å²) in [5.41, 5.74) is 15.8. The number of aromatic nitrogens is 2. The lowest BCUT2D eigenvalue weighted by Crippen LogP contribution is -2.26. The van der Waals surface area contributed by atoms with Gasteiger partial charge in [0.15, 0.2) is 0 Å². The zero-order valence-electron chi connectivity index (χ0n) is 16.6. The SMILES string of the molecule is Nc1ncc(Cl)c(-c2cccc(NCc3cccc(F)c3)n2)c1C1CCC(N)CC1. The molecular formula is C23H25ClFN5. The van der Waals surface area contributed by atoms with Crippen molar-refractivity contribution in [1.82, 2.24) is 9.97 Å². The van der Waals surface area contributed by atoms with Crippen molar-refractivity contribution in [1.29, 1.82) is 0 Å². The van der Waals surface area contributed by atoms with Gasteiger partial charge in [0.25, 0.3) is 0 Å². The molecule has 1 aromatic carbocycles. The number of halogens is 2. The molecule has 0 atom stereocenters. The van der Waals surface area contributed by atoms with Crippen LogP contribution in [0.2, 0.25) is 5.02 Å². The summed E-state index contributed by atoms with van der Waals surface area (Å²) in [6, 6.07) is 12.5. The molecule has 0 spiro atoms. The Labute approximate surface area is 180 Å². The number of pyridine rings is 2. The summed E-state index contributed by atoms with van der Waals surface area (Å²) < 4.78 is 13.4.